The Labute approximate surface area is 76.8 Å². The minimum atomic E-state index is 0.811. The van der Waals surface area contributed by atoms with E-state index in [1.54, 1.807) is 0 Å². The molecule has 0 amide bonds. The maximum absolute atomic E-state index is 5.92. The first kappa shape index (κ1) is 7.63. The van der Waals surface area contributed by atoms with Gasteiger partial charge < -0.3 is 0 Å². The van der Waals surface area contributed by atoms with Crippen LogP contribution in [0.2, 0.25) is 5.02 Å². The van der Waals surface area contributed by atoms with Crippen molar-refractivity contribution in [2.24, 2.45) is 0 Å². The second kappa shape index (κ2) is 2.80. The second-order valence-corrected chi connectivity index (χ2v) is 3.38. The second-order valence-electron chi connectivity index (χ2n) is 2.94. The van der Waals surface area contributed by atoms with Crippen molar-refractivity contribution in [1.82, 2.24) is 0 Å². The summed E-state index contributed by atoms with van der Waals surface area (Å²) in [5.74, 6) is 0. The Morgan fingerprint density at radius 3 is 2.67 bits per heavy atom. The molecule has 60 valence electrons. The third-order valence-corrected chi connectivity index (χ3v) is 2.25. The van der Waals surface area contributed by atoms with E-state index in [-0.39, 0.29) is 0 Å². The summed E-state index contributed by atoms with van der Waals surface area (Å²) in [6.45, 7) is 2.08. The van der Waals surface area contributed by atoms with Crippen LogP contribution in [0.1, 0.15) is 5.56 Å². The van der Waals surface area contributed by atoms with Crippen LogP contribution in [-0.2, 0) is 0 Å². The van der Waals surface area contributed by atoms with Gasteiger partial charge in [0.15, 0.2) is 0 Å². The molecule has 0 aliphatic carbocycles. The number of aryl methyl sites for hydroxylation is 1. The molecule has 0 fully saturated rings. The standard InChI is InChI=1S/C11H9Cl/c1-8-6-10(12)7-9-4-2-3-5-11(8)9/h2-7H,1H3. The molecule has 2 aromatic rings. The first-order valence-electron chi connectivity index (χ1n) is 3.92. The van der Waals surface area contributed by atoms with Crippen LogP contribution in [0, 0.1) is 6.92 Å². The molecule has 0 saturated carbocycles. The lowest BCUT2D eigenvalue weighted by molar-refractivity contribution is 1.53. The van der Waals surface area contributed by atoms with Crippen molar-refractivity contribution >= 4 is 22.4 Å². The zero-order valence-corrected chi connectivity index (χ0v) is 7.60. The van der Waals surface area contributed by atoms with Crippen molar-refractivity contribution < 1.29 is 0 Å². The number of hydrogen-bond acceptors (Lipinski definition) is 0. The summed E-state index contributed by atoms with van der Waals surface area (Å²) < 4.78 is 0. The van der Waals surface area contributed by atoms with Gasteiger partial charge in [0.2, 0.25) is 0 Å². The summed E-state index contributed by atoms with van der Waals surface area (Å²) in [5, 5.41) is 3.30. The molecular weight excluding hydrogens is 168 g/mol. The highest BCUT2D eigenvalue weighted by Crippen LogP contribution is 2.22. The third-order valence-electron chi connectivity index (χ3n) is 2.03. The molecule has 2 rings (SSSR count). The SMILES string of the molecule is Cc1cc(Cl)cc2ccccc12. The molecule has 0 saturated heterocycles. The molecule has 0 spiro atoms. The molecule has 12 heavy (non-hydrogen) atoms. The van der Waals surface area contributed by atoms with Gasteiger partial charge in [0.05, 0.1) is 0 Å². The Morgan fingerprint density at radius 2 is 1.83 bits per heavy atom. The van der Waals surface area contributed by atoms with E-state index < -0.39 is 0 Å². The molecule has 0 unspecified atom stereocenters. The summed E-state index contributed by atoms with van der Waals surface area (Å²) in [4.78, 5) is 0. The number of fused-ring (bicyclic) bond motifs is 1. The first-order valence-corrected chi connectivity index (χ1v) is 4.30. The molecule has 2 aromatic carbocycles. The molecular formula is C11H9Cl. The van der Waals surface area contributed by atoms with E-state index in [0.717, 1.165) is 5.02 Å². The monoisotopic (exact) mass is 176 g/mol. The van der Waals surface area contributed by atoms with Crippen LogP contribution in [0.4, 0.5) is 0 Å². The van der Waals surface area contributed by atoms with E-state index in [1.807, 2.05) is 24.3 Å². The van der Waals surface area contributed by atoms with Crippen LogP contribution in [0.25, 0.3) is 10.8 Å². The van der Waals surface area contributed by atoms with Crippen LogP contribution in [0.5, 0.6) is 0 Å². The molecule has 1 heteroatoms. The topological polar surface area (TPSA) is 0 Å². The predicted octanol–water partition coefficient (Wildman–Crippen LogP) is 3.80. The zero-order valence-electron chi connectivity index (χ0n) is 6.84. The van der Waals surface area contributed by atoms with Crippen LogP contribution in [0.15, 0.2) is 36.4 Å². The van der Waals surface area contributed by atoms with Gasteiger partial charge in [0.1, 0.15) is 0 Å². The van der Waals surface area contributed by atoms with Gasteiger partial charge in [0, 0.05) is 5.02 Å². The average Bonchev–Trinajstić information content (AvgIpc) is 2.04. The number of rotatable bonds is 0. The van der Waals surface area contributed by atoms with Crippen molar-refractivity contribution in [3.8, 4) is 0 Å². The highest BCUT2D eigenvalue weighted by atomic mass is 35.5. The highest BCUT2D eigenvalue weighted by molar-refractivity contribution is 6.31. The predicted molar refractivity (Wildman–Crippen MR) is 53.7 cm³/mol. The molecule has 0 radical (unpaired) electrons. The van der Waals surface area contributed by atoms with Crippen LogP contribution in [-0.4, -0.2) is 0 Å². The van der Waals surface area contributed by atoms with E-state index in [9.17, 15) is 0 Å². The van der Waals surface area contributed by atoms with Crippen LogP contribution in [0.3, 0.4) is 0 Å². The van der Waals surface area contributed by atoms with Crippen LogP contribution >= 0.6 is 11.6 Å². The third kappa shape index (κ3) is 1.19. The maximum Gasteiger partial charge on any atom is 0.0415 e. The van der Waals surface area contributed by atoms with Gasteiger partial charge in [0.25, 0.3) is 0 Å². The summed E-state index contributed by atoms with van der Waals surface area (Å²) in [6.07, 6.45) is 0. The first-order chi connectivity index (χ1) is 5.77. The van der Waals surface area contributed by atoms with Crippen molar-refractivity contribution in [3.05, 3.63) is 47.0 Å². The molecule has 0 bridgehead atoms. The summed E-state index contributed by atoms with van der Waals surface area (Å²) in [7, 11) is 0. The van der Waals surface area contributed by atoms with E-state index >= 15 is 0 Å². The lowest BCUT2D eigenvalue weighted by Crippen LogP contribution is -1.77. The molecule has 0 aliphatic rings. The minimum Gasteiger partial charge on any atom is -0.0843 e. The van der Waals surface area contributed by atoms with Gasteiger partial charge in [-0.25, -0.2) is 0 Å². The zero-order chi connectivity index (χ0) is 8.55. The number of halogens is 1. The Morgan fingerprint density at radius 1 is 1.08 bits per heavy atom. The Kier molecular flexibility index (Phi) is 1.78. The van der Waals surface area contributed by atoms with E-state index in [0.29, 0.717) is 0 Å². The fraction of sp³-hybridized carbons (Fsp3) is 0.0909. The molecule has 0 nitrogen and oxygen atoms in total. The molecule has 0 N–H and O–H groups in total. The average molecular weight is 177 g/mol. The molecule has 0 aliphatic heterocycles. The van der Waals surface area contributed by atoms with Crippen molar-refractivity contribution in [2.75, 3.05) is 0 Å². The van der Waals surface area contributed by atoms with Gasteiger partial charge in [-0.05, 0) is 35.4 Å². The van der Waals surface area contributed by atoms with Gasteiger partial charge in [-0.1, -0.05) is 35.9 Å². The Bertz CT molecular complexity index is 418. The summed E-state index contributed by atoms with van der Waals surface area (Å²) >= 11 is 5.92. The largest absolute Gasteiger partial charge is 0.0843 e. The van der Waals surface area contributed by atoms with E-state index in [2.05, 4.69) is 19.1 Å². The molecule has 0 heterocycles. The Balaban J connectivity index is 2.89. The normalized spacial score (nSPS) is 10.5. The van der Waals surface area contributed by atoms with E-state index in [1.165, 1.54) is 16.3 Å². The summed E-state index contributed by atoms with van der Waals surface area (Å²) in [5.41, 5.74) is 1.23. The number of benzene rings is 2. The quantitative estimate of drug-likeness (QED) is 0.573. The van der Waals surface area contributed by atoms with E-state index in [4.69, 9.17) is 11.6 Å². The minimum absolute atomic E-state index is 0.811. The Hall–Kier alpha value is -1.01. The van der Waals surface area contributed by atoms with Gasteiger partial charge in [-0.2, -0.15) is 0 Å². The van der Waals surface area contributed by atoms with Crippen molar-refractivity contribution in [2.45, 2.75) is 6.92 Å². The van der Waals surface area contributed by atoms with Crippen LogP contribution < -0.4 is 0 Å². The lowest BCUT2D eigenvalue weighted by atomic mass is 10.1. The van der Waals surface area contributed by atoms with Gasteiger partial charge in [-0.3, -0.25) is 0 Å². The van der Waals surface area contributed by atoms with Crippen molar-refractivity contribution in [3.63, 3.8) is 0 Å². The maximum atomic E-state index is 5.92. The van der Waals surface area contributed by atoms with Crippen molar-refractivity contribution in [1.29, 1.82) is 0 Å². The smallest absolute Gasteiger partial charge is 0.0415 e. The molecule has 0 aromatic heterocycles. The fourth-order valence-corrected chi connectivity index (χ4v) is 1.74. The van der Waals surface area contributed by atoms with Gasteiger partial charge >= 0.3 is 0 Å². The lowest BCUT2D eigenvalue weighted by Gasteiger charge is -2.01. The van der Waals surface area contributed by atoms with Gasteiger partial charge in [-0.15, -0.1) is 0 Å². The fourth-order valence-electron chi connectivity index (χ4n) is 1.46. The summed E-state index contributed by atoms with van der Waals surface area (Å²) in [6, 6.07) is 12.2. The highest BCUT2D eigenvalue weighted by Gasteiger charge is 1.97. The number of hydrogen-bond donors (Lipinski definition) is 0. The molecule has 0 atom stereocenters.